The number of nitrogens with zero attached hydrogens (tertiary/aromatic N) is 2. The molecule has 0 aromatic carbocycles. The Bertz CT molecular complexity index is 591. The highest BCUT2D eigenvalue weighted by Gasteiger charge is 2.38. The van der Waals surface area contributed by atoms with Gasteiger partial charge >= 0.3 is 0 Å². The van der Waals surface area contributed by atoms with Crippen molar-refractivity contribution in [2.75, 3.05) is 26.2 Å². The van der Waals surface area contributed by atoms with Crippen LogP contribution in [0.2, 0.25) is 0 Å². The predicted molar refractivity (Wildman–Crippen MR) is 83.4 cm³/mol. The van der Waals surface area contributed by atoms with Crippen LogP contribution in [0, 0.1) is 5.92 Å². The highest BCUT2D eigenvalue weighted by molar-refractivity contribution is 7.86. The van der Waals surface area contributed by atoms with E-state index in [9.17, 15) is 13.5 Å². The highest BCUT2D eigenvalue weighted by Crippen LogP contribution is 2.36. The first-order valence-electron chi connectivity index (χ1n) is 7.48. The molecule has 1 saturated heterocycles. The van der Waals surface area contributed by atoms with Crippen LogP contribution in [-0.2, 0) is 16.6 Å². The molecule has 0 amide bonds. The van der Waals surface area contributed by atoms with E-state index in [2.05, 4.69) is 0 Å². The first kappa shape index (κ1) is 15.4. The largest absolute Gasteiger partial charge is 0.396 e. The van der Waals surface area contributed by atoms with Crippen LogP contribution in [0.4, 0.5) is 0 Å². The lowest BCUT2D eigenvalue weighted by molar-refractivity contribution is 0.163. The van der Waals surface area contributed by atoms with E-state index in [0.29, 0.717) is 19.6 Å². The van der Waals surface area contributed by atoms with Crippen molar-refractivity contribution in [2.24, 2.45) is 5.92 Å². The molecule has 21 heavy (non-hydrogen) atoms. The van der Waals surface area contributed by atoms with Crippen LogP contribution >= 0.6 is 11.3 Å². The van der Waals surface area contributed by atoms with Crippen LogP contribution in [-0.4, -0.2) is 48.4 Å². The van der Waals surface area contributed by atoms with Crippen molar-refractivity contribution < 1.29 is 13.5 Å². The highest BCUT2D eigenvalue weighted by atomic mass is 32.2. The van der Waals surface area contributed by atoms with Gasteiger partial charge in [0.15, 0.2) is 0 Å². The van der Waals surface area contributed by atoms with Crippen molar-refractivity contribution in [3.05, 3.63) is 21.9 Å². The number of thiophene rings is 1. The minimum absolute atomic E-state index is 0.0828. The normalized spacial score (nSPS) is 25.9. The van der Waals surface area contributed by atoms with Gasteiger partial charge in [-0.15, -0.1) is 11.3 Å². The molecule has 1 atom stereocenters. The third kappa shape index (κ3) is 2.77. The summed E-state index contributed by atoms with van der Waals surface area (Å²) >= 11 is 1.72. The molecule has 1 aromatic heterocycles. The predicted octanol–water partition coefficient (Wildman–Crippen LogP) is 1.62. The van der Waals surface area contributed by atoms with E-state index in [0.717, 1.165) is 24.8 Å². The molecule has 0 saturated carbocycles. The van der Waals surface area contributed by atoms with E-state index < -0.39 is 10.2 Å². The van der Waals surface area contributed by atoms with Crippen LogP contribution in [0.1, 0.15) is 36.2 Å². The standard InChI is InChI=1S/C14H22N2O3S2/c1-11-13-5-9-20-14(13)4-8-16(11)21(18,19)15-6-2-12(10-17)3-7-15/h5,9,11-12,17H,2-4,6-8,10H2,1H3. The van der Waals surface area contributed by atoms with E-state index in [1.807, 2.05) is 18.4 Å². The van der Waals surface area contributed by atoms with Gasteiger partial charge in [-0.1, -0.05) is 0 Å². The van der Waals surface area contributed by atoms with E-state index in [-0.39, 0.29) is 18.6 Å². The number of fused-ring (bicyclic) bond motifs is 1. The summed E-state index contributed by atoms with van der Waals surface area (Å²) in [7, 11) is -3.40. The molecule has 1 fully saturated rings. The molecule has 2 aliphatic rings. The van der Waals surface area contributed by atoms with Gasteiger partial charge in [0, 0.05) is 37.2 Å². The SMILES string of the molecule is CC1c2ccsc2CCN1S(=O)(=O)N1CCC(CO)CC1. The summed E-state index contributed by atoms with van der Waals surface area (Å²) in [5.41, 5.74) is 1.15. The Kier molecular flexibility index (Phi) is 4.38. The fraction of sp³-hybridized carbons (Fsp3) is 0.714. The Morgan fingerprint density at radius 1 is 1.33 bits per heavy atom. The summed E-state index contributed by atoms with van der Waals surface area (Å²) in [6, 6.07) is 1.96. The summed E-state index contributed by atoms with van der Waals surface area (Å²) in [6.07, 6.45) is 2.31. The maximum Gasteiger partial charge on any atom is 0.282 e. The molecular weight excluding hydrogens is 308 g/mol. The minimum atomic E-state index is -3.40. The van der Waals surface area contributed by atoms with Crippen molar-refractivity contribution in [1.82, 2.24) is 8.61 Å². The molecule has 3 heterocycles. The van der Waals surface area contributed by atoms with Crippen molar-refractivity contribution in [1.29, 1.82) is 0 Å². The molecule has 0 radical (unpaired) electrons. The number of hydrogen-bond acceptors (Lipinski definition) is 4. The van der Waals surface area contributed by atoms with Crippen LogP contribution in [0.15, 0.2) is 11.4 Å². The van der Waals surface area contributed by atoms with Crippen LogP contribution in [0.3, 0.4) is 0 Å². The van der Waals surface area contributed by atoms with Crippen molar-refractivity contribution >= 4 is 21.5 Å². The average Bonchev–Trinajstić information content (AvgIpc) is 2.97. The third-order valence-corrected chi connectivity index (χ3v) is 7.78. The molecule has 0 aliphatic carbocycles. The summed E-state index contributed by atoms with van der Waals surface area (Å²) in [5.74, 6) is 0.249. The topological polar surface area (TPSA) is 60.9 Å². The molecule has 0 spiro atoms. The van der Waals surface area contributed by atoms with Crippen molar-refractivity contribution in [3.8, 4) is 0 Å². The third-order valence-electron chi connectivity index (χ3n) is 4.68. The van der Waals surface area contributed by atoms with Gasteiger partial charge in [-0.3, -0.25) is 0 Å². The molecule has 3 rings (SSSR count). The molecule has 1 aromatic rings. The second-order valence-electron chi connectivity index (χ2n) is 5.87. The monoisotopic (exact) mass is 330 g/mol. The van der Waals surface area contributed by atoms with Gasteiger partial charge in [0.2, 0.25) is 0 Å². The lowest BCUT2D eigenvalue weighted by Crippen LogP contribution is -2.49. The second-order valence-corrected chi connectivity index (χ2v) is 8.75. The number of hydrogen-bond donors (Lipinski definition) is 1. The molecule has 1 unspecified atom stereocenters. The average molecular weight is 330 g/mol. The zero-order chi connectivity index (χ0) is 15.0. The first-order valence-corrected chi connectivity index (χ1v) is 9.75. The molecule has 7 heteroatoms. The Labute approximate surface area is 130 Å². The zero-order valence-corrected chi connectivity index (χ0v) is 13.9. The van der Waals surface area contributed by atoms with Gasteiger partial charge in [-0.25, -0.2) is 0 Å². The van der Waals surface area contributed by atoms with E-state index in [1.165, 1.54) is 4.88 Å². The van der Waals surface area contributed by atoms with Gasteiger partial charge in [0.05, 0.1) is 0 Å². The first-order chi connectivity index (χ1) is 10.0. The van der Waals surface area contributed by atoms with E-state index in [4.69, 9.17) is 0 Å². The van der Waals surface area contributed by atoms with Crippen molar-refractivity contribution in [2.45, 2.75) is 32.2 Å². The lowest BCUT2D eigenvalue weighted by Gasteiger charge is -2.38. The van der Waals surface area contributed by atoms with E-state index >= 15 is 0 Å². The van der Waals surface area contributed by atoms with Gasteiger partial charge in [0.1, 0.15) is 0 Å². The fourth-order valence-electron chi connectivity index (χ4n) is 3.27. The number of rotatable bonds is 3. The smallest absolute Gasteiger partial charge is 0.282 e. The summed E-state index contributed by atoms with van der Waals surface area (Å²) in [6.45, 7) is 3.74. The van der Waals surface area contributed by atoms with Gasteiger partial charge in [0.25, 0.3) is 10.2 Å². The quantitative estimate of drug-likeness (QED) is 0.916. The Hall–Kier alpha value is -0.470. The minimum Gasteiger partial charge on any atom is -0.396 e. The summed E-state index contributed by atoms with van der Waals surface area (Å²) in [4.78, 5) is 1.31. The zero-order valence-electron chi connectivity index (χ0n) is 12.2. The van der Waals surface area contributed by atoms with Gasteiger partial charge in [-0.05, 0) is 49.1 Å². The van der Waals surface area contributed by atoms with Crippen LogP contribution in [0.5, 0.6) is 0 Å². The number of aliphatic hydroxyl groups excluding tert-OH is 1. The van der Waals surface area contributed by atoms with Crippen LogP contribution < -0.4 is 0 Å². The Balaban J connectivity index is 1.77. The Morgan fingerprint density at radius 2 is 2.05 bits per heavy atom. The van der Waals surface area contributed by atoms with Crippen LogP contribution in [0.25, 0.3) is 0 Å². The fourth-order valence-corrected chi connectivity index (χ4v) is 6.04. The van der Waals surface area contributed by atoms with Gasteiger partial charge in [-0.2, -0.15) is 17.0 Å². The maximum atomic E-state index is 12.9. The molecular formula is C14H22N2O3S2. The molecule has 0 bridgehead atoms. The second kappa shape index (κ2) is 5.96. The molecule has 118 valence electrons. The Morgan fingerprint density at radius 3 is 2.71 bits per heavy atom. The number of aliphatic hydroxyl groups is 1. The number of piperidine rings is 1. The lowest BCUT2D eigenvalue weighted by atomic mass is 10.00. The maximum absolute atomic E-state index is 12.9. The molecule has 2 aliphatic heterocycles. The molecule has 5 nitrogen and oxygen atoms in total. The van der Waals surface area contributed by atoms with Crippen molar-refractivity contribution in [3.63, 3.8) is 0 Å². The van der Waals surface area contributed by atoms with Gasteiger partial charge < -0.3 is 5.11 Å². The van der Waals surface area contributed by atoms with E-state index in [1.54, 1.807) is 19.9 Å². The summed E-state index contributed by atoms with van der Waals surface area (Å²) in [5, 5.41) is 11.2. The summed E-state index contributed by atoms with van der Waals surface area (Å²) < 4.78 is 29.0. The molecule has 1 N–H and O–H groups in total.